The summed E-state index contributed by atoms with van der Waals surface area (Å²) in [5.41, 5.74) is 5.36. The summed E-state index contributed by atoms with van der Waals surface area (Å²) < 4.78 is 25.6. The van der Waals surface area contributed by atoms with Crippen molar-refractivity contribution in [3.8, 4) is 0 Å². The van der Waals surface area contributed by atoms with Crippen molar-refractivity contribution in [3.63, 3.8) is 0 Å². The van der Waals surface area contributed by atoms with Crippen LogP contribution in [-0.2, 0) is 16.4 Å². The van der Waals surface area contributed by atoms with E-state index in [0.29, 0.717) is 41.3 Å². The van der Waals surface area contributed by atoms with Gasteiger partial charge in [-0.3, -0.25) is 14.1 Å². The van der Waals surface area contributed by atoms with Crippen LogP contribution in [0.25, 0.3) is 0 Å². The fourth-order valence-electron chi connectivity index (χ4n) is 4.03. The molecule has 1 fully saturated rings. The highest BCUT2D eigenvalue weighted by molar-refractivity contribution is 7.93. The number of amides is 1. The molecular formula is C24H20ClN3O3S. The maximum absolute atomic E-state index is 12.8. The van der Waals surface area contributed by atoms with Crippen LogP contribution in [-0.4, -0.2) is 32.3 Å². The third-order valence-electron chi connectivity index (χ3n) is 5.66. The van der Waals surface area contributed by atoms with Crippen LogP contribution < -0.4 is 9.62 Å². The standard InChI is InChI=1S/C24H20ClN3O3S/c25-21-11-8-18(15-20(21)23-14-17-4-1-2-5-22(17)27-23)26-24(29)16-6-9-19(10-7-16)28-12-3-13-32(28,30)31/h1-2,4-11,15H,3,12-14H2,(H,26,29). The number of aliphatic imine (C=N–C) groups is 1. The number of para-hydroxylation sites is 1. The second-order valence-corrected chi connectivity index (χ2v) is 10.2. The molecule has 1 amide bonds. The fraction of sp³-hybridized carbons (Fsp3) is 0.167. The van der Waals surface area contributed by atoms with E-state index in [1.165, 1.54) is 4.31 Å². The van der Waals surface area contributed by atoms with Gasteiger partial charge in [-0.05, 0) is 60.5 Å². The molecule has 5 rings (SSSR count). The van der Waals surface area contributed by atoms with E-state index in [9.17, 15) is 13.2 Å². The van der Waals surface area contributed by atoms with Gasteiger partial charge in [0.25, 0.3) is 5.91 Å². The maximum atomic E-state index is 12.8. The van der Waals surface area contributed by atoms with Crippen molar-refractivity contribution < 1.29 is 13.2 Å². The molecule has 0 saturated carbocycles. The van der Waals surface area contributed by atoms with Gasteiger partial charge in [-0.2, -0.15) is 0 Å². The Bertz CT molecular complexity index is 1350. The molecule has 1 N–H and O–H groups in total. The molecule has 0 aromatic heterocycles. The van der Waals surface area contributed by atoms with Crippen LogP contribution in [0, 0.1) is 0 Å². The molecule has 3 aromatic rings. The number of fused-ring (bicyclic) bond motifs is 1. The quantitative estimate of drug-likeness (QED) is 0.600. The van der Waals surface area contributed by atoms with E-state index in [2.05, 4.69) is 10.3 Å². The molecule has 2 aliphatic rings. The number of hydrogen-bond acceptors (Lipinski definition) is 4. The Morgan fingerprint density at radius 3 is 2.53 bits per heavy atom. The molecule has 3 aromatic carbocycles. The first kappa shape index (κ1) is 20.7. The Labute approximate surface area is 191 Å². The van der Waals surface area contributed by atoms with Crippen LogP contribution in [0.3, 0.4) is 0 Å². The van der Waals surface area contributed by atoms with Gasteiger partial charge in [-0.15, -0.1) is 0 Å². The van der Waals surface area contributed by atoms with E-state index in [4.69, 9.17) is 11.6 Å². The van der Waals surface area contributed by atoms with Crippen LogP contribution in [0.1, 0.15) is 27.9 Å². The molecule has 0 bridgehead atoms. The molecule has 0 radical (unpaired) electrons. The van der Waals surface area contributed by atoms with E-state index in [1.54, 1.807) is 36.4 Å². The molecule has 1 saturated heterocycles. The van der Waals surface area contributed by atoms with E-state index in [0.717, 1.165) is 22.5 Å². The lowest BCUT2D eigenvalue weighted by Crippen LogP contribution is -2.25. The normalized spacial score (nSPS) is 16.5. The minimum Gasteiger partial charge on any atom is -0.322 e. The molecule has 2 heterocycles. The number of carbonyl (C=O) groups excluding carboxylic acids is 1. The molecule has 0 spiro atoms. The predicted molar refractivity (Wildman–Crippen MR) is 128 cm³/mol. The minimum atomic E-state index is -3.25. The highest BCUT2D eigenvalue weighted by Crippen LogP contribution is 2.32. The van der Waals surface area contributed by atoms with E-state index in [-0.39, 0.29) is 11.7 Å². The largest absolute Gasteiger partial charge is 0.322 e. The van der Waals surface area contributed by atoms with Crippen molar-refractivity contribution in [3.05, 3.63) is 88.4 Å². The van der Waals surface area contributed by atoms with Crippen molar-refractivity contribution in [2.45, 2.75) is 12.8 Å². The van der Waals surface area contributed by atoms with Crippen LogP contribution >= 0.6 is 11.6 Å². The van der Waals surface area contributed by atoms with Crippen molar-refractivity contribution in [2.24, 2.45) is 4.99 Å². The zero-order valence-corrected chi connectivity index (χ0v) is 18.7. The van der Waals surface area contributed by atoms with Gasteiger partial charge < -0.3 is 5.32 Å². The lowest BCUT2D eigenvalue weighted by atomic mass is 10.0. The second-order valence-electron chi connectivity index (χ2n) is 7.80. The number of sulfonamides is 1. The van der Waals surface area contributed by atoms with Crippen LogP contribution in [0.2, 0.25) is 5.02 Å². The SMILES string of the molecule is O=C(Nc1ccc(Cl)c(C2=Nc3ccccc3C2)c1)c1ccc(N2CCCS2(=O)=O)cc1. The first-order chi connectivity index (χ1) is 15.4. The molecule has 2 aliphatic heterocycles. The number of halogens is 1. The summed E-state index contributed by atoms with van der Waals surface area (Å²) in [6.45, 7) is 0.467. The summed E-state index contributed by atoms with van der Waals surface area (Å²) in [5.74, 6) is -0.129. The Morgan fingerprint density at radius 2 is 1.81 bits per heavy atom. The minimum absolute atomic E-state index is 0.157. The second kappa shape index (κ2) is 8.07. The monoisotopic (exact) mass is 465 g/mol. The van der Waals surface area contributed by atoms with Crippen LogP contribution in [0.5, 0.6) is 0 Å². The van der Waals surface area contributed by atoms with Crippen LogP contribution in [0.4, 0.5) is 17.1 Å². The third-order valence-corrected chi connectivity index (χ3v) is 7.86. The number of nitrogens with one attached hydrogen (secondary N) is 1. The molecule has 0 atom stereocenters. The van der Waals surface area contributed by atoms with Crippen molar-refractivity contribution in [1.82, 2.24) is 0 Å². The highest BCUT2D eigenvalue weighted by atomic mass is 35.5. The topological polar surface area (TPSA) is 78.8 Å². The number of carbonyl (C=O) groups is 1. The predicted octanol–water partition coefficient (Wildman–Crippen LogP) is 4.81. The summed E-state index contributed by atoms with van der Waals surface area (Å²) in [7, 11) is -3.25. The van der Waals surface area contributed by atoms with Gasteiger partial charge in [0, 0.05) is 34.8 Å². The zero-order chi connectivity index (χ0) is 22.3. The van der Waals surface area contributed by atoms with Gasteiger partial charge in [0.05, 0.1) is 22.8 Å². The Balaban J connectivity index is 1.34. The summed E-state index contributed by atoms with van der Waals surface area (Å²) in [5, 5.41) is 3.47. The zero-order valence-electron chi connectivity index (χ0n) is 17.1. The molecule has 0 aliphatic carbocycles. The third kappa shape index (κ3) is 3.89. The molecule has 162 valence electrons. The van der Waals surface area contributed by atoms with Gasteiger partial charge in [0.2, 0.25) is 10.0 Å². The van der Waals surface area contributed by atoms with Gasteiger partial charge in [-0.25, -0.2) is 8.42 Å². The average Bonchev–Trinajstić information content (AvgIpc) is 3.37. The van der Waals surface area contributed by atoms with E-state index < -0.39 is 10.0 Å². The van der Waals surface area contributed by atoms with Gasteiger partial charge >= 0.3 is 0 Å². The van der Waals surface area contributed by atoms with Crippen LogP contribution in [0.15, 0.2) is 71.7 Å². The average molecular weight is 466 g/mol. The molecular weight excluding hydrogens is 446 g/mol. The smallest absolute Gasteiger partial charge is 0.255 e. The summed E-state index contributed by atoms with van der Waals surface area (Å²) >= 11 is 6.43. The lowest BCUT2D eigenvalue weighted by Gasteiger charge is -2.17. The molecule has 8 heteroatoms. The summed E-state index contributed by atoms with van der Waals surface area (Å²) in [6.07, 6.45) is 1.30. The van der Waals surface area contributed by atoms with Gasteiger partial charge in [0.1, 0.15) is 0 Å². The van der Waals surface area contributed by atoms with Crippen molar-refractivity contribution in [1.29, 1.82) is 0 Å². The van der Waals surface area contributed by atoms with E-state index >= 15 is 0 Å². The molecule has 6 nitrogen and oxygen atoms in total. The number of nitrogens with zero attached hydrogens (tertiary/aromatic N) is 2. The maximum Gasteiger partial charge on any atom is 0.255 e. The number of benzene rings is 3. The fourth-order valence-corrected chi connectivity index (χ4v) is 5.82. The van der Waals surface area contributed by atoms with Gasteiger partial charge in [-0.1, -0.05) is 29.8 Å². The number of anilines is 2. The Morgan fingerprint density at radius 1 is 1.03 bits per heavy atom. The number of rotatable bonds is 4. The van der Waals surface area contributed by atoms with Crippen molar-refractivity contribution in [2.75, 3.05) is 21.9 Å². The molecule has 0 unspecified atom stereocenters. The lowest BCUT2D eigenvalue weighted by molar-refractivity contribution is 0.102. The van der Waals surface area contributed by atoms with E-state index in [1.807, 2.05) is 30.3 Å². The molecule has 32 heavy (non-hydrogen) atoms. The first-order valence-corrected chi connectivity index (χ1v) is 12.3. The first-order valence-electron chi connectivity index (χ1n) is 10.3. The summed E-state index contributed by atoms with van der Waals surface area (Å²) in [4.78, 5) is 17.4. The van der Waals surface area contributed by atoms with Gasteiger partial charge in [0.15, 0.2) is 0 Å². The Kier molecular flexibility index (Phi) is 5.23. The van der Waals surface area contributed by atoms with Crippen molar-refractivity contribution >= 4 is 50.3 Å². The Hall–Kier alpha value is -3.16. The summed E-state index contributed by atoms with van der Waals surface area (Å²) in [6, 6.07) is 19.9. The number of hydrogen-bond donors (Lipinski definition) is 1. The highest BCUT2D eigenvalue weighted by Gasteiger charge is 2.28.